The van der Waals surface area contributed by atoms with Crippen LogP contribution in [0.1, 0.15) is 70.3 Å². The first-order valence-electron chi connectivity index (χ1n) is 10.7. The molecular formula is C20H29N7O2. The van der Waals surface area contributed by atoms with Crippen molar-refractivity contribution in [2.75, 3.05) is 0 Å². The zero-order valence-corrected chi connectivity index (χ0v) is 16.7. The van der Waals surface area contributed by atoms with Gasteiger partial charge in [-0.2, -0.15) is 5.10 Å². The lowest BCUT2D eigenvalue weighted by molar-refractivity contribution is 0.219. The lowest BCUT2D eigenvalue weighted by Gasteiger charge is -2.30. The monoisotopic (exact) mass is 399 g/mol. The van der Waals surface area contributed by atoms with E-state index in [0.29, 0.717) is 11.9 Å². The summed E-state index contributed by atoms with van der Waals surface area (Å²) in [7, 11) is 0. The molecule has 156 valence electrons. The minimum atomic E-state index is -0.114. The molecule has 2 aliphatic carbocycles. The van der Waals surface area contributed by atoms with Gasteiger partial charge >= 0.3 is 6.03 Å². The molecule has 2 amide bonds. The quantitative estimate of drug-likeness (QED) is 0.768. The second kappa shape index (κ2) is 9.19. The molecule has 0 radical (unpaired) electrons. The number of nitrogens with one attached hydrogen (secondary N) is 2. The van der Waals surface area contributed by atoms with Crippen molar-refractivity contribution in [2.24, 2.45) is 0 Å². The van der Waals surface area contributed by atoms with Crippen LogP contribution in [-0.2, 0) is 0 Å². The third-order valence-electron chi connectivity index (χ3n) is 6.03. The Morgan fingerprint density at radius 2 is 1.62 bits per heavy atom. The molecule has 0 atom stereocenters. The van der Waals surface area contributed by atoms with E-state index in [0.717, 1.165) is 38.5 Å². The van der Waals surface area contributed by atoms with Crippen molar-refractivity contribution in [2.45, 2.75) is 82.3 Å². The molecule has 0 aromatic carbocycles. The second-order valence-electron chi connectivity index (χ2n) is 8.13. The van der Waals surface area contributed by atoms with Gasteiger partial charge in [0.1, 0.15) is 12.7 Å². The lowest BCUT2D eigenvalue weighted by Crippen LogP contribution is -2.47. The van der Waals surface area contributed by atoms with Crippen LogP contribution in [0.5, 0.6) is 0 Å². The third-order valence-corrected chi connectivity index (χ3v) is 6.03. The zero-order chi connectivity index (χ0) is 20.1. The topological polar surface area (TPSA) is 107 Å². The van der Waals surface area contributed by atoms with Crippen LogP contribution in [0.3, 0.4) is 0 Å². The Kier molecular flexibility index (Phi) is 6.21. The molecule has 2 aromatic heterocycles. The molecule has 9 heteroatoms. The van der Waals surface area contributed by atoms with Gasteiger partial charge in [-0.25, -0.2) is 19.1 Å². The maximum Gasteiger partial charge on any atom is 0.315 e. The third kappa shape index (κ3) is 5.02. The SMILES string of the molecule is O=C(NC1CCCCCC1)NC1CCC(n2nc(-n3cncn3)ccc2=O)CC1. The van der Waals surface area contributed by atoms with Gasteiger partial charge in [0.15, 0.2) is 5.82 Å². The van der Waals surface area contributed by atoms with Crippen molar-refractivity contribution in [1.29, 1.82) is 0 Å². The molecule has 0 saturated heterocycles. The van der Waals surface area contributed by atoms with E-state index < -0.39 is 0 Å². The minimum absolute atomic E-state index is 0.0361. The average Bonchev–Trinajstić information content (AvgIpc) is 3.15. The van der Waals surface area contributed by atoms with Crippen molar-refractivity contribution in [3.05, 3.63) is 35.1 Å². The predicted octanol–water partition coefficient (Wildman–Crippen LogP) is 2.33. The van der Waals surface area contributed by atoms with Crippen molar-refractivity contribution >= 4 is 6.03 Å². The van der Waals surface area contributed by atoms with Gasteiger partial charge < -0.3 is 10.6 Å². The molecule has 2 heterocycles. The standard InChI is InChI=1S/C20H29N7O2/c28-19-12-11-18(26-14-21-13-22-26)25-27(19)17-9-7-16(8-10-17)24-20(29)23-15-5-3-1-2-4-6-15/h11-17H,1-10H2,(H2,23,24,29). The van der Waals surface area contributed by atoms with Crippen LogP contribution in [0.25, 0.3) is 5.82 Å². The van der Waals surface area contributed by atoms with E-state index in [1.54, 1.807) is 21.8 Å². The van der Waals surface area contributed by atoms with E-state index >= 15 is 0 Å². The molecular weight excluding hydrogens is 370 g/mol. The van der Waals surface area contributed by atoms with Gasteiger partial charge in [-0.15, -0.1) is 5.10 Å². The number of carbonyl (C=O) groups is 1. The molecule has 2 saturated carbocycles. The van der Waals surface area contributed by atoms with Gasteiger partial charge in [0.05, 0.1) is 6.04 Å². The van der Waals surface area contributed by atoms with Gasteiger partial charge in [-0.1, -0.05) is 25.7 Å². The molecule has 0 unspecified atom stereocenters. The predicted molar refractivity (Wildman–Crippen MR) is 108 cm³/mol. The summed E-state index contributed by atoms with van der Waals surface area (Å²) in [4.78, 5) is 28.6. The molecule has 2 N–H and O–H groups in total. The van der Waals surface area contributed by atoms with Crippen LogP contribution < -0.4 is 16.2 Å². The Labute approximate surface area is 169 Å². The van der Waals surface area contributed by atoms with E-state index in [1.165, 1.54) is 38.1 Å². The molecule has 9 nitrogen and oxygen atoms in total. The number of nitrogens with zero attached hydrogens (tertiary/aromatic N) is 5. The molecule has 0 spiro atoms. The van der Waals surface area contributed by atoms with E-state index in [1.807, 2.05) is 0 Å². The summed E-state index contributed by atoms with van der Waals surface area (Å²) in [6, 6.07) is 3.60. The number of aromatic nitrogens is 5. The van der Waals surface area contributed by atoms with E-state index in [4.69, 9.17) is 0 Å². The lowest BCUT2D eigenvalue weighted by atomic mass is 9.91. The number of rotatable bonds is 4. The largest absolute Gasteiger partial charge is 0.335 e. The molecule has 0 bridgehead atoms. The first-order valence-corrected chi connectivity index (χ1v) is 10.7. The number of amides is 2. The summed E-state index contributed by atoms with van der Waals surface area (Å²) in [5.74, 6) is 0.574. The van der Waals surface area contributed by atoms with Crippen LogP contribution in [0, 0.1) is 0 Å². The summed E-state index contributed by atoms with van der Waals surface area (Å²) >= 11 is 0. The smallest absolute Gasteiger partial charge is 0.315 e. The Morgan fingerprint density at radius 3 is 2.28 bits per heavy atom. The normalized spacial score (nSPS) is 23.3. The fraction of sp³-hybridized carbons (Fsp3) is 0.650. The van der Waals surface area contributed by atoms with E-state index in [2.05, 4.69) is 25.8 Å². The summed E-state index contributed by atoms with van der Waals surface area (Å²) in [5.41, 5.74) is -0.114. The second-order valence-corrected chi connectivity index (χ2v) is 8.13. The Morgan fingerprint density at radius 1 is 0.931 bits per heavy atom. The fourth-order valence-electron chi connectivity index (χ4n) is 4.43. The van der Waals surface area contributed by atoms with Crippen molar-refractivity contribution in [3.63, 3.8) is 0 Å². The van der Waals surface area contributed by atoms with Gasteiger partial charge in [0.25, 0.3) is 5.56 Å². The van der Waals surface area contributed by atoms with Crippen LogP contribution in [-0.4, -0.2) is 42.7 Å². The molecule has 2 aromatic rings. The van der Waals surface area contributed by atoms with E-state index in [9.17, 15) is 9.59 Å². The molecule has 4 rings (SSSR count). The van der Waals surface area contributed by atoms with Crippen molar-refractivity contribution in [1.82, 2.24) is 35.2 Å². The summed E-state index contributed by atoms with van der Waals surface area (Å²) in [6.45, 7) is 0. The van der Waals surface area contributed by atoms with Gasteiger partial charge in [0, 0.05) is 18.2 Å². The molecule has 2 fully saturated rings. The number of carbonyl (C=O) groups excluding carboxylic acids is 1. The number of urea groups is 1. The van der Waals surface area contributed by atoms with Crippen LogP contribution in [0.2, 0.25) is 0 Å². The van der Waals surface area contributed by atoms with Crippen molar-refractivity contribution < 1.29 is 4.79 Å². The number of hydrogen-bond acceptors (Lipinski definition) is 5. The Balaban J connectivity index is 1.31. The highest BCUT2D eigenvalue weighted by molar-refractivity contribution is 5.74. The van der Waals surface area contributed by atoms with Crippen LogP contribution >= 0.6 is 0 Å². The Hall–Kier alpha value is -2.71. The summed E-state index contributed by atoms with van der Waals surface area (Å²) in [5, 5.41) is 14.8. The molecule has 2 aliphatic rings. The average molecular weight is 399 g/mol. The summed E-state index contributed by atoms with van der Waals surface area (Å²) < 4.78 is 3.10. The minimum Gasteiger partial charge on any atom is -0.335 e. The fourth-order valence-corrected chi connectivity index (χ4v) is 4.43. The van der Waals surface area contributed by atoms with Crippen molar-refractivity contribution in [3.8, 4) is 5.82 Å². The van der Waals surface area contributed by atoms with Gasteiger partial charge in [-0.05, 0) is 44.6 Å². The van der Waals surface area contributed by atoms with E-state index in [-0.39, 0.29) is 23.7 Å². The first kappa shape index (κ1) is 19.6. The van der Waals surface area contributed by atoms with Gasteiger partial charge in [0.2, 0.25) is 0 Å². The first-order chi connectivity index (χ1) is 14.2. The maximum absolute atomic E-state index is 12.4. The van der Waals surface area contributed by atoms with Crippen LogP contribution in [0.4, 0.5) is 4.79 Å². The van der Waals surface area contributed by atoms with Crippen LogP contribution in [0.15, 0.2) is 29.6 Å². The highest BCUT2D eigenvalue weighted by atomic mass is 16.2. The highest BCUT2D eigenvalue weighted by Crippen LogP contribution is 2.27. The maximum atomic E-state index is 12.4. The number of hydrogen-bond donors (Lipinski definition) is 2. The zero-order valence-electron chi connectivity index (χ0n) is 16.7. The summed E-state index contributed by atoms with van der Waals surface area (Å²) in [6.07, 6.45) is 13.4. The molecule has 0 aliphatic heterocycles. The Bertz CT molecular complexity index is 848. The highest BCUT2D eigenvalue weighted by Gasteiger charge is 2.26. The van der Waals surface area contributed by atoms with Gasteiger partial charge in [-0.3, -0.25) is 4.79 Å². The molecule has 29 heavy (non-hydrogen) atoms.